The Kier molecular flexibility index (Phi) is 5.72. The SMILES string of the molecule is COc1ccc(-c2nn(CCNS(=O)(=O)c3cccc(C)c3C)c(=O)n2C2CC2)cc1. The van der Waals surface area contributed by atoms with Crippen molar-refractivity contribution in [1.29, 1.82) is 0 Å². The van der Waals surface area contributed by atoms with Crippen LogP contribution in [0.4, 0.5) is 0 Å². The number of rotatable bonds is 8. The van der Waals surface area contributed by atoms with Crippen LogP contribution in [0, 0.1) is 13.8 Å². The lowest BCUT2D eigenvalue weighted by Gasteiger charge is -2.10. The highest BCUT2D eigenvalue weighted by molar-refractivity contribution is 7.89. The van der Waals surface area contributed by atoms with E-state index in [0.717, 1.165) is 29.7 Å². The van der Waals surface area contributed by atoms with Crippen LogP contribution in [-0.2, 0) is 16.6 Å². The molecule has 0 amide bonds. The molecular formula is C22H26N4O4S. The first kappa shape index (κ1) is 21.3. The molecule has 1 aromatic heterocycles. The maximum absolute atomic E-state index is 13.0. The number of nitrogens with zero attached hydrogens (tertiary/aromatic N) is 3. The van der Waals surface area contributed by atoms with Gasteiger partial charge in [0.1, 0.15) is 5.75 Å². The molecule has 1 N–H and O–H groups in total. The van der Waals surface area contributed by atoms with Gasteiger partial charge in [-0.05, 0) is 68.1 Å². The van der Waals surface area contributed by atoms with Crippen molar-refractivity contribution >= 4 is 10.0 Å². The molecule has 0 spiro atoms. The van der Waals surface area contributed by atoms with Gasteiger partial charge in [0.25, 0.3) is 0 Å². The predicted molar refractivity (Wildman–Crippen MR) is 118 cm³/mol. The smallest absolute Gasteiger partial charge is 0.346 e. The summed E-state index contributed by atoms with van der Waals surface area (Å²) in [5.41, 5.74) is 2.22. The van der Waals surface area contributed by atoms with Gasteiger partial charge in [-0.25, -0.2) is 22.6 Å². The Morgan fingerprint density at radius 3 is 2.48 bits per heavy atom. The molecule has 0 aliphatic heterocycles. The molecule has 0 saturated heterocycles. The topological polar surface area (TPSA) is 95.2 Å². The van der Waals surface area contributed by atoms with Crippen LogP contribution in [0.5, 0.6) is 5.75 Å². The van der Waals surface area contributed by atoms with Crippen LogP contribution >= 0.6 is 0 Å². The number of methoxy groups -OCH3 is 1. The third-order valence-corrected chi connectivity index (χ3v) is 7.20. The highest BCUT2D eigenvalue weighted by atomic mass is 32.2. The first-order chi connectivity index (χ1) is 14.8. The zero-order valence-corrected chi connectivity index (χ0v) is 18.6. The lowest BCUT2D eigenvalue weighted by atomic mass is 10.1. The summed E-state index contributed by atoms with van der Waals surface area (Å²) in [5, 5.41) is 4.51. The van der Waals surface area contributed by atoms with E-state index in [2.05, 4.69) is 9.82 Å². The molecule has 1 heterocycles. The minimum Gasteiger partial charge on any atom is -0.497 e. The quantitative estimate of drug-likeness (QED) is 0.579. The first-order valence-corrected chi connectivity index (χ1v) is 11.7. The van der Waals surface area contributed by atoms with E-state index < -0.39 is 10.0 Å². The largest absolute Gasteiger partial charge is 0.497 e. The molecule has 3 aromatic rings. The van der Waals surface area contributed by atoms with E-state index in [1.165, 1.54) is 4.68 Å². The monoisotopic (exact) mass is 442 g/mol. The van der Waals surface area contributed by atoms with Crippen molar-refractivity contribution < 1.29 is 13.2 Å². The van der Waals surface area contributed by atoms with E-state index >= 15 is 0 Å². The average molecular weight is 443 g/mol. The van der Waals surface area contributed by atoms with Gasteiger partial charge in [-0.1, -0.05) is 12.1 Å². The molecule has 0 unspecified atom stereocenters. The minimum atomic E-state index is -3.68. The number of aromatic nitrogens is 3. The first-order valence-electron chi connectivity index (χ1n) is 10.2. The van der Waals surface area contributed by atoms with E-state index in [1.807, 2.05) is 37.3 Å². The van der Waals surface area contributed by atoms with Crippen LogP contribution in [-0.4, -0.2) is 36.4 Å². The molecule has 2 aromatic carbocycles. The standard InChI is InChI=1S/C22H26N4O4S/c1-15-5-4-6-20(16(15)2)31(28,29)23-13-14-25-22(27)26(18-9-10-18)21(24-25)17-7-11-19(30-3)12-8-17/h4-8,11-12,18,23H,9-10,13-14H2,1-3H3. The van der Waals surface area contributed by atoms with Gasteiger partial charge in [-0.15, -0.1) is 5.10 Å². The fourth-order valence-electron chi connectivity index (χ4n) is 3.54. The number of hydrogen-bond donors (Lipinski definition) is 1. The second-order valence-corrected chi connectivity index (χ2v) is 9.49. The molecule has 164 valence electrons. The van der Waals surface area contributed by atoms with Gasteiger partial charge in [0, 0.05) is 18.2 Å². The normalized spacial score (nSPS) is 14.0. The summed E-state index contributed by atoms with van der Waals surface area (Å²) < 4.78 is 36.3. The Labute approximate surface area is 181 Å². The molecule has 0 radical (unpaired) electrons. The Morgan fingerprint density at radius 2 is 1.84 bits per heavy atom. The fraction of sp³-hybridized carbons (Fsp3) is 0.364. The molecule has 1 aliphatic carbocycles. The van der Waals surface area contributed by atoms with Crippen molar-refractivity contribution in [2.24, 2.45) is 0 Å². The van der Waals surface area contributed by atoms with Gasteiger partial charge < -0.3 is 4.74 Å². The van der Waals surface area contributed by atoms with Crippen molar-refractivity contribution in [3.63, 3.8) is 0 Å². The number of sulfonamides is 1. The van der Waals surface area contributed by atoms with Gasteiger partial charge in [-0.2, -0.15) is 0 Å². The van der Waals surface area contributed by atoms with Gasteiger partial charge in [0.05, 0.1) is 18.6 Å². The molecule has 1 aliphatic rings. The zero-order chi connectivity index (χ0) is 22.2. The number of aryl methyl sites for hydroxylation is 1. The Morgan fingerprint density at radius 1 is 1.13 bits per heavy atom. The second-order valence-electron chi connectivity index (χ2n) is 7.75. The number of benzene rings is 2. The fourth-order valence-corrected chi connectivity index (χ4v) is 4.88. The molecule has 4 rings (SSSR count). The lowest BCUT2D eigenvalue weighted by Crippen LogP contribution is -2.32. The highest BCUT2D eigenvalue weighted by Gasteiger charge is 2.30. The molecule has 8 nitrogen and oxygen atoms in total. The van der Waals surface area contributed by atoms with Gasteiger partial charge in [0.15, 0.2) is 5.82 Å². The van der Waals surface area contributed by atoms with Crippen molar-refractivity contribution in [3.05, 3.63) is 64.1 Å². The zero-order valence-electron chi connectivity index (χ0n) is 17.8. The van der Waals surface area contributed by atoms with Crippen LogP contribution < -0.4 is 15.1 Å². The number of ether oxygens (including phenoxy) is 1. The van der Waals surface area contributed by atoms with Gasteiger partial charge in [-0.3, -0.25) is 4.57 Å². The summed E-state index contributed by atoms with van der Waals surface area (Å²) in [6.07, 6.45) is 1.88. The van der Waals surface area contributed by atoms with Crippen LogP contribution in [0.3, 0.4) is 0 Å². The summed E-state index contributed by atoms with van der Waals surface area (Å²) in [7, 11) is -2.08. The van der Waals surface area contributed by atoms with Gasteiger partial charge in [0.2, 0.25) is 10.0 Å². The van der Waals surface area contributed by atoms with E-state index in [0.29, 0.717) is 11.4 Å². The molecule has 9 heteroatoms. The molecule has 1 fully saturated rings. The van der Waals surface area contributed by atoms with Crippen LogP contribution in [0.2, 0.25) is 0 Å². The average Bonchev–Trinajstić information content (AvgIpc) is 3.54. The Bertz CT molecular complexity index is 1260. The van der Waals surface area contributed by atoms with Crippen LogP contribution in [0.25, 0.3) is 11.4 Å². The van der Waals surface area contributed by atoms with Crippen LogP contribution in [0.15, 0.2) is 52.2 Å². The third kappa shape index (κ3) is 4.28. The van der Waals surface area contributed by atoms with Crippen molar-refractivity contribution in [2.45, 2.75) is 44.2 Å². The summed E-state index contributed by atoms with van der Waals surface area (Å²) in [4.78, 5) is 13.2. The lowest BCUT2D eigenvalue weighted by molar-refractivity contribution is 0.415. The maximum atomic E-state index is 13.0. The summed E-state index contributed by atoms with van der Waals surface area (Å²) in [6.45, 7) is 3.87. The van der Waals surface area contributed by atoms with Crippen LogP contribution in [0.1, 0.15) is 30.0 Å². The summed E-state index contributed by atoms with van der Waals surface area (Å²) in [5.74, 6) is 1.32. The summed E-state index contributed by atoms with van der Waals surface area (Å²) in [6, 6.07) is 12.7. The summed E-state index contributed by atoms with van der Waals surface area (Å²) >= 11 is 0. The van der Waals surface area contributed by atoms with E-state index in [9.17, 15) is 13.2 Å². The van der Waals surface area contributed by atoms with Crippen molar-refractivity contribution in [3.8, 4) is 17.1 Å². The second kappa shape index (κ2) is 8.32. The molecular weight excluding hydrogens is 416 g/mol. The van der Waals surface area contributed by atoms with E-state index in [1.54, 1.807) is 30.7 Å². The Hall–Kier alpha value is -2.91. The molecule has 0 bridgehead atoms. The van der Waals surface area contributed by atoms with E-state index in [4.69, 9.17) is 4.74 Å². The number of hydrogen-bond acceptors (Lipinski definition) is 5. The Balaban J connectivity index is 1.55. The predicted octanol–water partition coefficient (Wildman–Crippen LogP) is 2.65. The molecule has 31 heavy (non-hydrogen) atoms. The van der Waals surface area contributed by atoms with Gasteiger partial charge >= 0.3 is 5.69 Å². The molecule has 0 atom stereocenters. The van der Waals surface area contributed by atoms with Crippen molar-refractivity contribution in [1.82, 2.24) is 19.1 Å². The third-order valence-electron chi connectivity index (χ3n) is 5.59. The number of nitrogens with one attached hydrogen (secondary N) is 1. The minimum absolute atomic E-state index is 0.0688. The van der Waals surface area contributed by atoms with E-state index in [-0.39, 0.29) is 29.7 Å². The molecule has 1 saturated carbocycles. The maximum Gasteiger partial charge on any atom is 0.346 e. The highest BCUT2D eigenvalue weighted by Crippen LogP contribution is 2.36. The van der Waals surface area contributed by atoms with Crippen molar-refractivity contribution in [2.75, 3.05) is 13.7 Å².